The van der Waals surface area contributed by atoms with Crippen LogP contribution < -0.4 is 5.73 Å². The van der Waals surface area contributed by atoms with Crippen LogP contribution in [0.3, 0.4) is 0 Å². The van der Waals surface area contributed by atoms with Crippen molar-refractivity contribution >= 4 is 12.4 Å². The molecule has 0 saturated heterocycles. The fourth-order valence-electron chi connectivity index (χ4n) is 2.14. The number of hydrogen-bond donors (Lipinski definition) is 1. The van der Waals surface area contributed by atoms with Gasteiger partial charge in [-0.15, -0.1) is 12.4 Å². The average molecular weight is 212 g/mol. The highest BCUT2D eigenvalue weighted by Gasteiger charge is 2.13. The van der Waals surface area contributed by atoms with Gasteiger partial charge in [-0.25, -0.2) is 0 Å². The maximum Gasteiger partial charge on any atom is -0.00486 e. The zero-order valence-electron chi connectivity index (χ0n) is 8.41. The predicted molar refractivity (Wildman–Crippen MR) is 62.9 cm³/mol. The molecule has 1 aromatic rings. The number of fused-ring (bicyclic) bond motifs is 1. The van der Waals surface area contributed by atoms with Gasteiger partial charge in [0.15, 0.2) is 0 Å². The Morgan fingerprint density at radius 3 is 2.00 bits per heavy atom. The molecule has 78 valence electrons. The first-order chi connectivity index (χ1) is 6.40. The van der Waals surface area contributed by atoms with Crippen LogP contribution >= 0.6 is 12.4 Å². The van der Waals surface area contributed by atoms with E-state index >= 15 is 0 Å². The SMILES string of the molecule is Cl.NCC1CCc2ccccc2CC1. The Morgan fingerprint density at radius 1 is 1.07 bits per heavy atom. The van der Waals surface area contributed by atoms with E-state index in [0.29, 0.717) is 0 Å². The van der Waals surface area contributed by atoms with E-state index < -0.39 is 0 Å². The molecule has 1 nitrogen and oxygen atoms in total. The molecule has 1 aliphatic carbocycles. The van der Waals surface area contributed by atoms with Gasteiger partial charge in [-0.2, -0.15) is 0 Å². The summed E-state index contributed by atoms with van der Waals surface area (Å²) in [5, 5.41) is 0. The maximum absolute atomic E-state index is 5.71. The summed E-state index contributed by atoms with van der Waals surface area (Å²) >= 11 is 0. The maximum atomic E-state index is 5.71. The highest BCUT2D eigenvalue weighted by molar-refractivity contribution is 5.85. The summed E-state index contributed by atoms with van der Waals surface area (Å²) in [6.07, 6.45) is 4.98. The molecule has 0 unspecified atom stereocenters. The minimum absolute atomic E-state index is 0. The number of halogens is 1. The zero-order chi connectivity index (χ0) is 9.10. The van der Waals surface area contributed by atoms with Crippen LogP contribution in [0, 0.1) is 5.92 Å². The van der Waals surface area contributed by atoms with Gasteiger partial charge in [-0.05, 0) is 49.3 Å². The lowest BCUT2D eigenvalue weighted by Gasteiger charge is -2.08. The quantitative estimate of drug-likeness (QED) is 0.710. The molecule has 2 heteroatoms. The van der Waals surface area contributed by atoms with Gasteiger partial charge >= 0.3 is 0 Å². The summed E-state index contributed by atoms with van der Waals surface area (Å²) in [7, 11) is 0. The molecule has 1 aromatic carbocycles. The lowest BCUT2D eigenvalue weighted by Crippen LogP contribution is -2.14. The van der Waals surface area contributed by atoms with Crippen molar-refractivity contribution in [1.29, 1.82) is 0 Å². The Bertz CT molecular complexity index is 258. The molecule has 0 aliphatic heterocycles. The standard InChI is InChI=1S/C12H17N.ClH/c13-9-10-5-7-11-3-1-2-4-12(11)8-6-10;/h1-4,10H,5-9,13H2;1H. The molecule has 0 radical (unpaired) electrons. The molecule has 14 heavy (non-hydrogen) atoms. The van der Waals surface area contributed by atoms with Crippen molar-refractivity contribution in [2.24, 2.45) is 11.7 Å². The molecule has 0 spiro atoms. The van der Waals surface area contributed by atoms with Gasteiger partial charge < -0.3 is 5.73 Å². The van der Waals surface area contributed by atoms with Crippen molar-refractivity contribution in [1.82, 2.24) is 0 Å². The lowest BCUT2D eigenvalue weighted by molar-refractivity contribution is 0.475. The van der Waals surface area contributed by atoms with E-state index in [9.17, 15) is 0 Å². The summed E-state index contributed by atoms with van der Waals surface area (Å²) in [4.78, 5) is 0. The van der Waals surface area contributed by atoms with Gasteiger partial charge in [0.2, 0.25) is 0 Å². The van der Waals surface area contributed by atoms with Crippen molar-refractivity contribution in [3.05, 3.63) is 35.4 Å². The molecule has 0 atom stereocenters. The van der Waals surface area contributed by atoms with Gasteiger partial charge in [0, 0.05) is 0 Å². The van der Waals surface area contributed by atoms with Crippen molar-refractivity contribution < 1.29 is 0 Å². The van der Waals surface area contributed by atoms with Crippen LogP contribution in [0.25, 0.3) is 0 Å². The predicted octanol–water partition coefficient (Wildman–Crippen LogP) is 2.56. The summed E-state index contributed by atoms with van der Waals surface area (Å²) in [6.45, 7) is 0.855. The summed E-state index contributed by atoms with van der Waals surface area (Å²) < 4.78 is 0. The molecular weight excluding hydrogens is 194 g/mol. The largest absolute Gasteiger partial charge is 0.330 e. The minimum Gasteiger partial charge on any atom is -0.330 e. The van der Waals surface area contributed by atoms with Crippen LogP contribution in [0.2, 0.25) is 0 Å². The van der Waals surface area contributed by atoms with Crippen molar-refractivity contribution in [3.8, 4) is 0 Å². The number of benzene rings is 1. The Balaban J connectivity index is 0.000000980. The van der Waals surface area contributed by atoms with Gasteiger partial charge in [-0.1, -0.05) is 24.3 Å². The van der Waals surface area contributed by atoms with Crippen molar-refractivity contribution in [2.75, 3.05) is 6.54 Å². The Kier molecular flexibility index (Phi) is 4.43. The molecule has 0 bridgehead atoms. The smallest absolute Gasteiger partial charge is 0.00486 e. The van der Waals surface area contributed by atoms with E-state index in [1.807, 2.05) is 0 Å². The first-order valence-electron chi connectivity index (χ1n) is 5.17. The highest BCUT2D eigenvalue weighted by Crippen LogP contribution is 2.23. The van der Waals surface area contributed by atoms with Gasteiger partial charge in [0.1, 0.15) is 0 Å². The monoisotopic (exact) mass is 211 g/mol. The van der Waals surface area contributed by atoms with E-state index in [2.05, 4.69) is 24.3 Å². The van der Waals surface area contributed by atoms with Gasteiger partial charge in [0.25, 0.3) is 0 Å². The Hall–Kier alpha value is -0.530. The van der Waals surface area contributed by atoms with E-state index in [-0.39, 0.29) is 12.4 Å². The molecule has 0 aromatic heterocycles. The fraction of sp³-hybridized carbons (Fsp3) is 0.500. The first-order valence-corrected chi connectivity index (χ1v) is 5.17. The normalized spacial score (nSPS) is 16.6. The lowest BCUT2D eigenvalue weighted by atomic mass is 10.0. The molecular formula is C12H18ClN. The van der Waals surface area contributed by atoms with Gasteiger partial charge in [0.05, 0.1) is 0 Å². The van der Waals surface area contributed by atoms with Crippen LogP contribution in [-0.2, 0) is 12.8 Å². The Labute approximate surface area is 92.1 Å². The van der Waals surface area contributed by atoms with E-state index in [0.717, 1.165) is 12.5 Å². The third-order valence-electron chi connectivity index (χ3n) is 3.10. The number of rotatable bonds is 1. The van der Waals surface area contributed by atoms with E-state index in [1.54, 1.807) is 11.1 Å². The topological polar surface area (TPSA) is 26.0 Å². The second-order valence-electron chi connectivity index (χ2n) is 3.95. The molecule has 0 heterocycles. The number of hydrogen-bond acceptors (Lipinski definition) is 1. The molecule has 0 saturated carbocycles. The van der Waals surface area contributed by atoms with E-state index in [1.165, 1.54) is 25.7 Å². The average Bonchev–Trinajstić information content (AvgIpc) is 2.39. The summed E-state index contributed by atoms with van der Waals surface area (Å²) in [5.41, 5.74) is 8.79. The van der Waals surface area contributed by atoms with Crippen LogP contribution in [-0.4, -0.2) is 6.54 Å². The fourth-order valence-corrected chi connectivity index (χ4v) is 2.14. The van der Waals surface area contributed by atoms with Crippen LogP contribution in [0.15, 0.2) is 24.3 Å². The second-order valence-corrected chi connectivity index (χ2v) is 3.95. The highest BCUT2D eigenvalue weighted by atomic mass is 35.5. The second kappa shape index (κ2) is 5.38. The van der Waals surface area contributed by atoms with Crippen molar-refractivity contribution in [3.63, 3.8) is 0 Å². The number of nitrogens with two attached hydrogens (primary N) is 1. The van der Waals surface area contributed by atoms with Gasteiger partial charge in [-0.3, -0.25) is 0 Å². The Morgan fingerprint density at radius 2 is 1.57 bits per heavy atom. The van der Waals surface area contributed by atoms with E-state index in [4.69, 9.17) is 5.73 Å². The minimum atomic E-state index is 0. The molecule has 1 aliphatic rings. The molecule has 0 amide bonds. The summed E-state index contributed by atoms with van der Waals surface area (Å²) in [5.74, 6) is 0.743. The third kappa shape index (κ3) is 2.49. The first kappa shape index (κ1) is 11.5. The molecule has 2 N–H and O–H groups in total. The van der Waals surface area contributed by atoms with Crippen LogP contribution in [0.1, 0.15) is 24.0 Å². The molecule has 2 rings (SSSR count). The van der Waals surface area contributed by atoms with Crippen LogP contribution in [0.4, 0.5) is 0 Å². The molecule has 0 fully saturated rings. The third-order valence-corrected chi connectivity index (χ3v) is 3.10. The van der Waals surface area contributed by atoms with Crippen molar-refractivity contribution in [2.45, 2.75) is 25.7 Å². The number of aryl methyl sites for hydroxylation is 2. The zero-order valence-corrected chi connectivity index (χ0v) is 9.22. The van der Waals surface area contributed by atoms with Crippen LogP contribution in [0.5, 0.6) is 0 Å². The summed E-state index contributed by atoms with van der Waals surface area (Å²) in [6, 6.07) is 8.80.